The Balaban J connectivity index is 2.86. The van der Waals surface area contributed by atoms with Crippen LogP contribution in [0.1, 0.15) is 25.0 Å². The van der Waals surface area contributed by atoms with E-state index in [1.54, 1.807) is 6.07 Å². The number of hydrogen-bond donors (Lipinski definition) is 1. The summed E-state index contributed by atoms with van der Waals surface area (Å²) < 4.78 is 32.3. The first-order valence-electron chi connectivity index (χ1n) is 5.98. The van der Waals surface area contributed by atoms with Crippen LogP contribution in [0.5, 0.6) is 0 Å². The Morgan fingerprint density at radius 1 is 1.00 bits per heavy atom. The molecule has 18 heavy (non-hydrogen) atoms. The van der Waals surface area contributed by atoms with Crippen molar-refractivity contribution in [2.45, 2.75) is 31.6 Å². The third-order valence-electron chi connectivity index (χ3n) is 3.13. The van der Waals surface area contributed by atoms with E-state index >= 15 is 0 Å². The van der Waals surface area contributed by atoms with Crippen LogP contribution < -0.4 is 0 Å². The van der Waals surface area contributed by atoms with Crippen LogP contribution in [0.25, 0.3) is 10.8 Å². The maximum atomic E-state index is 11.5. The van der Waals surface area contributed by atoms with Gasteiger partial charge in [0.15, 0.2) is 0 Å². The molecule has 3 nitrogen and oxygen atoms in total. The summed E-state index contributed by atoms with van der Waals surface area (Å²) in [5.41, 5.74) is 1.95. The predicted molar refractivity (Wildman–Crippen MR) is 72.5 cm³/mol. The molecule has 0 aliphatic carbocycles. The Bertz CT molecular complexity index is 687. The van der Waals surface area contributed by atoms with Crippen LogP contribution in [-0.2, 0) is 23.0 Å². The van der Waals surface area contributed by atoms with Crippen molar-refractivity contribution in [3.63, 3.8) is 0 Å². The van der Waals surface area contributed by atoms with Gasteiger partial charge >= 0.3 is 0 Å². The molecule has 0 bridgehead atoms. The quantitative estimate of drug-likeness (QED) is 0.866. The van der Waals surface area contributed by atoms with Crippen LogP contribution in [0.2, 0.25) is 0 Å². The van der Waals surface area contributed by atoms with Crippen molar-refractivity contribution in [3.05, 3.63) is 41.5 Å². The van der Waals surface area contributed by atoms with Gasteiger partial charge in [-0.1, -0.05) is 32.0 Å². The molecule has 0 atom stereocenters. The lowest BCUT2D eigenvalue weighted by Gasteiger charge is -2.08. The van der Waals surface area contributed by atoms with E-state index in [0.29, 0.717) is 5.39 Å². The van der Waals surface area contributed by atoms with E-state index in [4.69, 9.17) is 0 Å². The highest BCUT2D eigenvalue weighted by Gasteiger charge is 2.15. The Kier molecular flexibility index (Phi) is 3.41. The zero-order chi connectivity index (χ0) is 13.3. The van der Waals surface area contributed by atoms with E-state index in [9.17, 15) is 13.0 Å². The van der Waals surface area contributed by atoms with Gasteiger partial charge in [0.1, 0.15) is 4.90 Å². The van der Waals surface area contributed by atoms with Gasteiger partial charge in [-0.25, -0.2) is 0 Å². The molecule has 0 amide bonds. The van der Waals surface area contributed by atoms with Crippen LogP contribution in [0.4, 0.5) is 0 Å². The first-order valence-corrected chi connectivity index (χ1v) is 7.42. The lowest BCUT2D eigenvalue weighted by molar-refractivity contribution is 0.484. The second-order valence-electron chi connectivity index (χ2n) is 4.33. The summed E-state index contributed by atoms with van der Waals surface area (Å²) >= 11 is 0. The topological polar surface area (TPSA) is 54.4 Å². The average molecular weight is 264 g/mol. The lowest BCUT2D eigenvalue weighted by atomic mass is 10.0. The summed E-state index contributed by atoms with van der Waals surface area (Å²) in [4.78, 5) is 0.00662. The van der Waals surface area contributed by atoms with E-state index in [2.05, 4.69) is 0 Å². The Morgan fingerprint density at radius 2 is 1.67 bits per heavy atom. The standard InChI is InChI=1S/C14H16O3S/c1-3-10-5-6-12-7-11(4-2)9-14(13(12)8-10)18(15,16)17/h5-9H,3-4H2,1-2H3,(H,15,16,17). The van der Waals surface area contributed by atoms with E-state index in [1.807, 2.05) is 38.1 Å². The average Bonchev–Trinajstić information content (AvgIpc) is 2.35. The molecule has 1 N–H and O–H groups in total. The summed E-state index contributed by atoms with van der Waals surface area (Å²) in [7, 11) is -4.19. The van der Waals surface area contributed by atoms with E-state index in [0.717, 1.165) is 29.4 Å². The zero-order valence-electron chi connectivity index (χ0n) is 10.5. The summed E-state index contributed by atoms with van der Waals surface area (Å²) in [6.07, 6.45) is 1.56. The van der Waals surface area contributed by atoms with Gasteiger partial charge < -0.3 is 0 Å². The van der Waals surface area contributed by atoms with Crippen LogP contribution in [-0.4, -0.2) is 13.0 Å². The van der Waals surface area contributed by atoms with Crippen molar-refractivity contribution in [2.24, 2.45) is 0 Å². The van der Waals surface area contributed by atoms with Crippen molar-refractivity contribution in [3.8, 4) is 0 Å². The van der Waals surface area contributed by atoms with Gasteiger partial charge in [-0.15, -0.1) is 0 Å². The Morgan fingerprint density at radius 3 is 2.22 bits per heavy atom. The van der Waals surface area contributed by atoms with Crippen molar-refractivity contribution < 1.29 is 13.0 Å². The predicted octanol–water partition coefficient (Wildman–Crippen LogP) is 3.21. The van der Waals surface area contributed by atoms with Gasteiger partial charge in [0.25, 0.3) is 10.1 Å². The maximum absolute atomic E-state index is 11.5. The van der Waals surface area contributed by atoms with Crippen molar-refractivity contribution in [2.75, 3.05) is 0 Å². The van der Waals surface area contributed by atoms with E-state index < -0.39 is 10.1 Å². The van der Waals surface area contributed by atoms with Crippen LogP contribution in [0.15, 0.2) is 35.2 Å². The Labute approximate surface area is 107 Å². The molecule has 0 aliphatic heterocycles. The third-order valence-corrected chi connectivity index (χ3v) is 4.03. The third kappa shape index (κ3) is 2.40. The van der Waals surface area contributed by atoms with E-state index in [-0.39, 0.29) is 4.90 Å². The molecule has 0 saturated carbocycles. The highest BCUT2D eigenvalue weighted by atomic mass is 32.2. The maximum Gasteiger partial charge on any atom is 0.295 e. The van der Waals surface area contributed by atoms with Crippen molar-refractivity contribution >= 4 is 20.9 Å². The lowest BCUT2D eigenvalue weighted by Crippen LogP contribution is -2.01. The summed E-state index contributed by atoms with van der Waals surface area (Å²) in [6, 6.07) is 9.23. The minimum Gasteiger partial charge on any atom is -0.282 e. The molecule has 2 aromatic rings. The number of hydrogen-bond acceptors (Lipinski definition) is 2. The van der Waals surface area contributed by atoms with Gasteiger partial charge in [-0.2, -0.15) is 8.42 Å². The first kappa shape index (κ1) is 13.1. The second-order valence-corrected chi connectivity index (χ2v) is 5.72. The normalized spacial score (nSPS) is 11.9. The smallest absolute Gasteiger partial charge is 0.282 e. The molecule has 2 aromatic carbocycles. The molecule has 0 unspecified atom stereocenters. The van der Waals surface area contributed by atoms with Gasteiger partial charge in [0, 0.05) is 5.39 Å². The largest absolute Gasteiger partial charge is 0.295 e. The number of fused-ring (bicyclic) bond motifs is 1. The molecule has 0 aromatic heterocycles. The fourth-order valence-electron chi connectivity index (χ4n) is 2.07. The molecule has 0 spiro atoms. The van der Waals surface area contributed by atoms with Crippen LogP contribution in [0.3, 0.4) is 0 Å². The Hall–Kier alpha value is -1.39. The highest BCUT2D eigenvalue weighted by Crippen LogP contribution is 2.26. The summed E-state index contributed by atoms with van der Waals surface area (Å²) in [5, 5.41) is 1.44. The molecule has 0 fully saturated rings. The molecule has 0 radical (unpaired) electrons. The summed E-state index contributed by atoms with van der Waals surface area (Å²) in [5.74, 6) is 0. The van der Waals surface area contributed by atoms with Gasteiger partial charge in [-0.3, -0.25) is 4.55 Å². The minimum absolute atomic E-state index is 0.00662. The van der Waals surface area contributed by atoms with Crippen molar-refractivity contribution in [1.29, 1.82) is 0 Å². The number of rotatable bonds is 3. The molecule has 0 aliphatic rings. The second kappa shape index (κ2) is 4.71. The zero-order valence-corrected chi connectivity index (χ0v) is 11.3. The fourth-order valence-corrected chi connectivity index (χ4v) is 2.82. The van der Waals surface area contributed by atoms with Crippen LogP contribution >= 0.6 is 0 Å². The molecule has 4 heteroatoms. The van der Waals surface area contributed by atoms with Crippen molar-refractivity contribution in [1.82, 2.24) is 0 Å². The number of aryl methyl sites for hydroxylation is 2. The van der Waals surface area contributed by atoms with E-state index in [1.165, 1.54) is 0 Å². The summed E-state index contributed by atoms with van der Waals surface area (Å²) in [6.45, 7) is 3.96. The minimum atomic E-state index is -4.19. The van der Waals surface area contributed by atoms with Gasteiger partial charge in [0.05, 0.1) is 0 Å². The molecule has 0 saturated heterocycles. The monoisotopic (exact) mass is 264 g/mol. The fraction of sp³-hybridized carbons (Fsp3) is 0.286. The van der Waals surface area contributed by atoms with Crippen LogP contribution in [0, 0.1) is 0 Å². The molecule has 0 heterocycles. The molecule has 2 rings (SSSR count). The number of benzene rings is 2. The first-order chi connectivity index (χ1) is 8.45. The highest BCUT2D eigenvalue weighted by molar-refractivity contribution is 7.86. The SMILES string of the molecule is CCc1cc(S(=O)(=O)O)c2cc(CC)ccc2c1. The van der Waals surface area contributed by atoms with Gasteiger partial charge in [-0.05, 0) is 41.5 Å². The molecular weight excluding hydrogens is 248 g/mol. The molecule has 96 valence electrons. The molecular formula is C14H16O3S. The van der Waals surface area contributed by atoms with Gasteiger partial charge in [0.2, 0.25) is 0 Å².